The van der Waals surface area contributed by atoms with Crippen molar-refractivity contribution in [2.45, 2.75) is 57.9 Å². The number of aromatic carboxylic acids is 1. The van der Waals surface area contributed by atoms with Crippen molar-refractivity contribution in [3.63, 3.8) is 0 Å². The minimum Gasteiger partial charge on any atom is -0.488 e. The van der Waals surface area contributed by atoms with Gasteiger partial charge in [-0.15, -0.1) is 0 Å². The van der Waals surface area contributed by atoms with Gasteiger partial charge in [0.2, 0.25) is 0 Å². The third-order valence-corrected chi connectivity index (χ3v) is 8.52. The summed E-state index contributed by atoms with van der Waals surface area (Å²) in [4.78, 5) is 19.0. The van der Waals surface area contributed by atoms with Crippen molar-refractivity contribution in [3.05, 3.63) is 65.8 Å². The summed E-state index contributed by atoms with van der Waals surface area (Å²) in [6, 6.07) is 12.2. The third-order valence-electron chi connectivity index (χ3n) is 8.52. The number of hydrogen-bond acceptors (Lipinski definition) is 7. The van der Waals surface area contributed by atoms with Crippen LogP contribution in [0.3, 0.4) is 0 Å². The van der Waals surface area contributed by atoms with E-state index in [0.717, 1.165) is 62.9 Å². The molecule has 3 atom stereocenters. The normalized spacial score (nSPS) is 21.3. The monoisotopic (exact) mass is 580 g/mol. The summed E-state index contributed by atoms with van der Waals surface area (Å²) in [5, 5.41) is 20.3. The van der Waals surface area contributed by atoms with Gasteiger partial charge >= 0.3 is 5.97 Å². The highest BCUT2D eigenvalue weighted by molar-refractivity contribution is 5.96. The van der Waals surface area contributed by atoms with Crippen molar-refractivity contribution in [2.24, 2.45) is 11.7 Å². The van der Waals surface area contributed by atoms with E-state index in [1.807, 2.05) is 0 Å². The van der Waals surface area contributed by atoms with Gasteiger partial charge in [-0.25, -0.2) is 9.18 Å². The number of piperidine rings is 2. The standard InChI is InChI=1S/C18H12FNO4.C14H29N3O/c19-11-4-5-12-10(9-24-17(12)6-11)8-23-16-3-1-2-14-13(16)7-15(20-14)18(21)22;1-11-9-17(8-5-14(11)18)12(2)10-16-6-3-13(15)4-7-16/h1-7,9,20H,8H2,(H,21,22);11-14,18H,3-10,15H2,1-2H3/t;11-,12-,14-/m.0/s1. The number of ether oxygens (including phenoxy) is 1. The van der Waals surface area contributed by atoms with E-state index in [1.54, 1.807) is 24.3 Å². The Labute approximate surface area is 245 Å². The van der Waals surface area contributed by atoms with Crippen LogP contribution in [0.15, 0.2) is 53.1 Å². The maximum absolute atomic E-state index is 13.2. The molecule has 0 saturated carbocycles. The molecule has 0 amide bonds. The van der Waals surface area contributed by atoms with E-state index in [9.17, 15) is 14.3 Å². The van der Waals surface area contributed by atoms with Gasteiger partial charge < -0.3 is 35.0 Å². The maximum Gasteiger partial charge on any atom is 0.352 e. The first kappa shape index (κ1) is 30.0. The highest BCUT2D eigenvalue weighted by Gasteiger charge is 2.28. The SMILES string of the molecule is C[C@H]1CN([C@@H](C)CN2CCC(N)CC2)CC[C@@H]1O.O=C(O)c1cc2c(OCc3coc4cc(F)ccc34)cccc2[nH]1. The molecule has 0 aliphatic carbocycles. The lowest BCUT2D eigenvalue weighted by atomic mass is 9.95. The molecule has 6 rings (SSSR count). The van der Waals surface area contributed by atoms with E-state index >= 15 is 0 Å². The van der Waals surface area contributed by atoms with E-state index in [2.05, 4.69) is 28.6 Å². The fraction of sp³-hybridized carbons (Fsp3) is 0.469. The van der Waals surface area contributed by atoms with Gasteiger partial charge in [0, 0.05) is 59.6 Å². The average Bonchev–Trinajstić information content (AvgIpc) is 3.59. The number of carboxylic acids is 1. The quantitative estimate of drug-likeness (QED) is 0.245. The molecule has 2 aromatic heterocycles. The summed E-state index contributed by atoms with van der Waals surface area (Å²) in [6.45, 7) is 10.2. The molecule has 2 saturated heterocycles. The molecule has 2 aromatic carbocycles. The van der Waals surface area contributed by atoms with E-state index in [4.69, 9.17) is 20.0 Å². The molecule has 0 unspecified atom stereocenters. The van der Waals surface area contributed by atoms with E-state index in [1.165, 1.54) is 24.5 Å². The smallest absolute Gasteiger partial charge is 0.352 e. The molecule has 9 nitrogen and oxygen atoms in total. The lowest BCUT2D eigenvalue weighted by molar-refractivity contribution is 0.0119. The molecule has 2 fully saturated rings. The number of hydrogen-bond donors (Lipinski definition) is 4. The van der Waals surface area contributed by atoms with Crippen molar-refractivity contribution in [2.75, 3.05) is 32.7 Å². The van der Waals surface area contributed by atoms with E-state index in [-0.39, 0.29) is 24.2 Å². The Bertz CT molecular complexity index is 1490. The Morgan fingerprint density at radius 1 is 1.17 bits per heavy atom. The fourth-order valence-electron chi connectivity index (χ4n) is 5.88. The van der Waals surface area contributed by atoms with Crippen LogP contribution in [0.5, 0.6) is 5.75 Å². The van der Waals surface area contributed by atoms with Crippen molar-refractivity contribution < 1.29 is 28.6 Å². The number of nitrogens with zero attached hydrogens (tertiary/aromatic N) is 2. The Hall–Kier alpha value is -3.44. The van der Waals surface area contributed by atoms with E-state index in [0.29, 0.717) is 40.2 Å². The molecule has 4 heterocycles. The summed E-state index contributed by atoms with van der Waals surface area (Å²) in [5.74, 6) is -0.411. The molecule has 0 radical (unpaired) electrons. The number of aromatic amines is 1. The van der Waals surface area contributed by atoms with Crippen molar-refractivity contribution in [1.82, 2.24) is 14.8 Å². The summed E-state index contributed by atoms with van der Waals surface area (Å²) in [6.07, 6.45) is 4.64. The van der Waals surface area contributed by atoms with Gasteiger partial charge in [-0.1, -0.05) is 13.0 Å². The second-order valence-electron chi connectivity index (χ2n) is 11.7. The first-order valence-corrected chi connectivity index (χ1v) is 14.7. The Morgan fingerprint density at radius 3 is 2.69 bits per heavy atom. The number of rotatable bonds is 7. The summed E-state index contributed by atoms with van der Waals surface area (Å²) in [5.41, 5.74) is 7.97. The van der Waals surface area contributed by atoms with Crippen LogP contribution in [0.4, 0.5) is 4.39 Å². The van der Waals surface area contributed by atoms with Crippen LogP contribution >= 0.6 is 0 Å². The highest BCUT2D eigenvalue weighted by atomic mass is 19.1. The molecule has 5 N–H and O–H groups in total. The maximum atomic E-state index is 13.2. The largest absolute Gasteiger partial charge is 0.488 e. The second kappa shape index (κ2) is 13.2. The zero-order chi connectivity index (χ0) is 29.8. The van der Waals surface area contributed by atoms with Crippen molar-refractivity contribution in [1.29, 1.82) is 0 Å². The Kier molecular flexibility index (Phi) is 9.47. The first-order chi connectivity index (χ1) is 20.2. The van der Waals surface area contributed by atoms with Crippen LogP contribution in [0.25, 0.3) is 21.9 Å². The number of halogens is 1. The third kappa shape index (κ3) is 7.12. The Balaban J connectivity index is 0.000000176. The lowest BCUT2D eigenvalue weighted by Gasteiger charge is -2.41. The minimum atomic E-state index is -1.03. The molecular weight excluding hydrogens is 539 g/mol. The van der Waals surface area contributed by atoms with Crippen LogP contribution < -0.4 is 10.5 Å². The number of nitrogens with two attached hydrogens (primary N) is 1. The summed E-state index contributed by atoms with van der Waals surface area (Å²) >= 11 is 0. The number of carboxylic acid groups (broad SMARTS) is 1. The number of aliphatic hydroxyl groups excluding tert-OH is 1. The summed E-state index contributed by atoms with van der Waals surface area (Å²) in [7, 11) is 0. The molecule has 2 aliphatic heterocycles. The molecule has 226 valence electrons. The molecule has 0 spiro atoms. The number of aliphatic hydroxyl groups is 1. The zero-order valence-electron chi connectivity index (χ0n) is 24.3. The number of carbonyl (C=O) groups is 1. The molecule has 2 aliphatic rings. The number of nitrogens with one attached hydrogen (secondary N) is 1. The van der Waals surface area contributed by atoms with Gasteiger partial charge in [0.1, 0.15) is 29.5 Å². The predicted molar refractivity (Wildman–Crippen MR) is 160 cm³/mol. The van der Waals surface area contributed by atoms with Gasteiger partial charge in [-0.05, 0) is 75.5 Å². The van der Waals surface area contributed by atoms with Crippen LogP contribution in [0, 0.1) is 11.7 Å². The van der Waals surface area contributed by atoms with Gasteiger partial charge in [0.05, 0.1) is 12.4 Å². The first-order valence-electron chi connectivity index (χ1n) is 14.7. The van der Waals surface area contributed by atoms with Crippen molar-refractivity contribution >= 4 is 27.8 Å². The minimum absolute atomic E-state index is 0.0959. The molecular formula is C32H41FN4O5. The van der Waals surface area contributed by atoms with Gasteiger partial charge in [-0.3, -0.25) is 4.90 Å². The van der Waals surface area contributed by atoms with Gasteiger partial charge in [0.15, 0.2) is 0 Å². The zero-order valence-corrected chi connectivity index (χ0v) is 24.3. The number of fused-ring (bicyclic) bond motifs is 2. The average molecular weight is 581 g/mol. The summed E-state index contributed by atoms with van der Waals surface area (Å²) < 4.78 is 24.4. The van der Waals surface area contributed by atoms with Crippen molar-refractivity contribution in [3.8, 4) is 5.75 Å². The van der Waals surface area contributed by atoms with E-state index < -0.39 is 5.97 Å². The predicted octanol–water partition coefficient (Wildman–Crippen LogP) is 4.83. The van der Waals surface area contributed by atoms with Gasteiger partial charge in [0.25, 0.3) is 0 Å². The van der Waals surface area contributed by atoms with Crippen LogP contribution in [0.2, 0.25) is 0 Å². The Morgan fingerprint density at radius 2 is 1.95 bits per heavy atom. The molecule has 10 heteroatoms. The topological polar surface area (TPSA) is 128 Å². The number of H-pyrrole nitrogens is 1. The van der Waals surface area contributed by atoms with Crippen LogP contribution in [0.1, 0.15) is 49.2 Å². The van der Waals surface area contributed by atoms with Crippen LogP contribution in [-0.4, -0.2) is 81.9 Å². The van der Waals surface area contributed by atoms with Crippen LogP contribution in [-0.2, 0) is 6.61 Å². The second-order valence-corrected chi connectivity index (χ2v) is 11.7. The fourth-order valence-corrected chi connectivity index (χ4v) is 5.88. The molecule has 0 bridgehead atoms. The number of aromatic nitrogens is 1. The molecule has 4 aromatic rings. The lowest BCUT2D eigenvalue weighted by Crippen LogP contribution is -2.51. The number of likely N-dealkylation sites (tertiary alicyclic amines) is 2. The highest BCUT2D eigenvalue weighted by Crippen LogP contribution is 2.29. The van der Waals surface area contributed by atoms with Gasteiger partial charge in [-0.2, -0.15) is 0 Å². The number of benzene rings is 2. The molecule has 42 heavy (non-hydrogen) atoms. The number of furan rings is 1.